The molecule has 142 valence electrons. The van der Waals surface area contributed by atoms with Crippen LogP contribution in [0.1, 0.15) is 46.5 Å². The molecule has 0 saturated carbocycles. The molecule has 1 N–H and O–H groups in total. The Morgan fingerprint density at radius 1 is 1.22 bits per heavy atom. The van der Waals surface area contributed by atoms with Crippen LogP contribution in [0.3, 0.4) is 0 Å². The molecule has 3 heterocycles. The molecule has 6 heteroatoms. The molecule has 1 aromatic carbocycles. The van der Waals surface area contributed by atoms with E-state index in [0.717, 1.165) is 34.7 Å². The van der Waals surface area contributed by atoms with Gasteiger partial charge < -0.3 is 9.73 Å². The number of likely N-dealkylation sites (tertiary alicyclic amines) is 1. The minimum atomic E-state index is -0.119. The van der Waals surface area contributed by atoms with Crippen LogP contribution in [0.25, 0.3) is 10.1 Å². The van der Waals surface area contributed by atoms with Crippen LogP contribution in [-0.2, 0) is 0 Å². The number of hydrogen-bond donors (Lipinski definition) is 1. The highest BCUT2D eigenvalue weighted by Crippen LogP contribution is 2.35. The van der Waals surface area contributed by atoms with Crippen molar-refractivity contribution in [2.45, 2.75) is 32.2 Å². The van der Waals surface area contributed by atoms with Gasteiger partial charge in [0, 0.05) is 16.6 Å². The zero-order valence-electron chi connectivity index (χ0n) is 15.3. The quantitative estimate of drug-likeness (QED) is 0.620. The highest BCUT2D eigenvalue weighted by Gasteiger charge is 2.26. The molecule has 0 unspecified atom stereocenters. The molecule has 0 bridgehead atoms. The Balaban J connectivity index is 1.52. The summed E-state index contributed by atoms with van der Waals surface area (Å²) in [5.41, 5.74) is 0. The van der Waals surface area contributed by atoms with Crippen molar-refractivity contribution in [1.29, 1.82) is 0 Å². The largest absolute Gasteiger partial charge is 0.465 e. The summed E-state index contributed by atoms with van der Waals surface area (Å²) < 4.78 is 6.92. The number of aryl methyl sites for hydroxylation is 1. The lowest BCUT2D eigenvalue weighted by atomic mass is 10.1. The summed E-state index contributed by atoms with van der Waals surface area (Å²) in [6, 6.07) is 11.9. The van der Waals surface area contributed by atoms with E-state index < -0.39 is 0 Å². The Labute approximate surface area is 168 Å². The standard InChI is InChI=1S/C21H23ClN2O2S/c1-14-9-10-17(26-14)16(24-11-5-2-6-12-24)13-23-21(25)20-19(22)15-7-3-4-8-18(15)27-20/h3-4,7-10,16H,2,5-6,11-13H2,1H3,(H,23,25)/t16-/m1/s1. The molecule has 27 heavy (non-hydrogen) atoms. The van der Waals surface area contributed by atoms with E-state index in [2.05, 4.69) is 10.2 Å². The van der Waals surface area contributed by atoms with Crippen molar-refractivity contribution in [2.24, 2.45) is 0 Å². The topological polar surface area (TPSA) is 45.5 Å². The van der Waals surface area contributed by atoms with Gasteiger partial charge in [-0.25, -0.2) is 0 Å². The van der Waals surface area contributed by atoms with Crippen LogP contribution in [-0.4, -0.2) is 30.4 Å². The average molecular weight is 403 g/mol. The van der Waals surface area contributed by atoms with Crippen molar-refractivity contribution in [3.05, 3.63) is 57.8 Å². The monoisotopic (exact) mass is 402 g/mol. The minimum absolute atomic E-state index is 0.0519. The Hall–Kier alpha value is -1.82. The van der Waals surface area contributed by atoms with Gasteiger partial charge >= 0.3 is 0 Å². The van der Waals surface area contributed by atoms with E-state index in [1.807, 2.05) is 43.3 Å². The zero-order valence-corrected chi connectivity index (χ0v) is 16.9. The van der Waals surface area contributed by atoms with Gasteiger partial charge in [0.25, 0.3) is 5.91 Å². The normalized spacial score (nSPS) is 16.5. The highest BCUT2D eigenvalue weighted by atomic mass is 35.5. The number of carbonyl (C=O) groups excluding carboxylic acids is 1. The SMILES string of the molecule is Cc1ccc([C@@H](CNC(=O)c2sc3ccccc3c2Cl)N2CCCCC2)o1. The van der Waals surface area contributed by atoms with Gasteiger partial charge in [0.05, 0.1) is 11.1 Å². The molecule has 1 amide bonds. The first-order valence-electron chi connectivity index (χ1n) is 9.39. The van der Waals surface area contributed by atoms with Crippen LogP contribution >= 0.6 is 22.9 Å². The number of fused-ring (bicyclic) bond motifs is 1. The molecule has 4 nitrogen and oxygen atoms in total. The van der Waals surface area contributed by atoms with Gasteiger partial charge in [-0.2, -0.15) is 0 Å². The van der Waals surface area contributed by atoms with Gasteiger partial charge in [0.2, 0.25) is 0 Å². The van der Waals surface area contributed by atoms with Crippen LogP contribution < -0.4 is 5.32 Å². The molecule has 1 aliphatic heterocycles. The van der Waals surface area contributed by atoms with Gasteiger partial charge in [0.15, 0.2) is 0 Å². The van der Waals surface area contributed by atoms with Crippen molar-refractivity contribution in [3.8, 4) is 0 Å². The summed E-state index contributed by atoms with van der Waals surface area (Å²) in [6.45, 7) is 4.52. The maximum absolute atomic E-state index is 12.8. The first-order valence-corrected chi connectivity index (χ1v) is 10.6. The van der Waals surface area contributed by atoms with Crippen molar-refractivity contribution in [1.82, 2.24) is 10.2 Å². The molecule has 3 aromatic rings. The van der Waals surface area contributed by atoms with Gasteiger partial charge in [0.1, 0.15) is 16.4 Å². The predicted octanol–water partition coefficient (Wildman–Crippen LogP) is 5.41. The Morgan fingerprint density at radius 3 is 2.70 bits per heavy atom. The van der Waals surface area contributed by atoms with Crippen LogP contribution in [0, 0.1) is 6.92 Å². The van der Waals surface area contributed by atoms with Gasteiger partial charge in [-0.15, -0.1) is 11.3 Å². The van der Waals surface area contributed by atoms with Gasteiger partial charge in [-0.3, -0.25) is 9.69 Å². The first-order chi connectivity index (χ1) is 13.1. The molecule has 4 rings (SSSR count). The number of carbonyl (C=O) groups is 1. The number of rotatable bonds is 5. The van der Waals surface area contributed by atoms with E-state index >= 15 is 0 Å². The lowest BCUT2D eigenvalue weighted by Gasteiger charge is -2.33. The number of nitrogens with zero attached hydrogens (tertiary/aromatic N) is 1. The average Bonchev–Trinajstić information content (AvgIpc) is 3.27. The number of thiophene rings is 1. The molecule has 0 aliphatic carbocycles. The van der Waals surface area contributed by atoms with E-state index in [1.165, 1.54) is 30.6 Å². The second-order valence-corrected chi connectivity index (χ2v) is 8.44. The van der Waals surface area contributed by atoms with E-state index in [1.54, 1.807) is 0 Å². The maximum atomic E-state index is 12.8. The molecule has 1 atom stereocenters. The highest BCUT2D eigenvalue weighted by molar-refractivity contribution is 7.21. The zero-order chi connectivity index (χ0) is 18.8. The summed E-state index contributed by atoms with van der Waals surface area (Å²) in [7, 11) is 0. The smallest absolute Gasteiger partial charge is 0.263 e. The summed E-state index contributed by atoms with van der Waals surface area (Å²) in [5.74, 6) is 1.69. The molecular weight excluding hydrogens is 380 g/mol. The summed E-state index contributed by atoms with van der Waals surface area (Å²) in [4.78, 5) is 15.8. The predicted molar refractivity (Wildman–Crippen MR) is 111 cm³/mol. The summed E-state index contributed by atoms with van der Waals surface area (Å²) in [6.07, 6.45) is 3.64. The summed E-state index contributed by atoms with van der Waals surface area (Å²) >= 11 is 7.90. The fourth-order valence-corrected chi connectivity index (χ4v) is 5.14. The molecular formula is C21H23ClN2O2S. The van der Waals surface area contributed by atoms with E-state index in [9.17, 15) is 4.79 Å². The van der Waals surface area contributed by atoms with Gasteiger partial charge in [-0.1, -0.05) is 36.2 Å². The van der Waals surface area contributed by atoms with Crippen LogP contribution in [0.4, 0.5) is 0 Å². The second-order valence-electron chi connectivity index (χ2n) is 7.01. The lowest BCUT2D eigenvalue weighted by molar-refractivity contribution is 0.0918. The molecule has 0 spiro atoms. The molecule has 1 fully saturated rings. The first kappa shape index (κ1) is 18.5. The van der Waals surface area contributed by atoms with Crippen molar-refractivity contribution < 1.29 is 9.21 Å². The number of hydrogen-bond acceptors (Lipinski definition) is 4. The number of piperidine rings is 1. The molecule has 2 aromatic heterocycles. The molecule has 1 aliphatic rings. The molecule has 1 saturated heterocycles. The van der Waals surface area contributed by atoms with E-state index in [4.69, 9.17) is 16.0 Å². The molecule has 0 radical (unpaired) electrons. The van der Waals surface area contributed by atoms with Crippen molar-refractivity contribution >= 4 is 38.9 Å². The number of amides is 1. The Kier molecular flexibility index (Phi) is 5.53. The minimum Gasteiger partial charge on any atom is -0.465 e. The number of nitrogens with one attached hydrogen (secondary N) is 1. The van der Waals surface area contributed by atoms with Crippen LogP contribution in [0.15, 0.2) is 40.8 Å². The van der Waals surface area contributed by atoms with E-state index in [-0.39, 0.29) is 11.9 Å². The Bertz CT molecular complexity index is 943. The lowest BCUT2D eigenvalue weighted by Crippen LogP contribution is -2.40. The third-order valence-corrected chi connectivity index (χ3v) is 6.79. The van der Waals surface area contributed by atoms with Crippen LogP contribution in [0.5, 0.6) is 0 Å². The third kappa shape index (κ3) is 3.91. The van der Waals surface area contributed by atoms with Crippen molar-refractivity contribution in [3.63, 3.8) is 0 Å². The second kappa shape index (κ2) is 8.05. The summed E-state index contributed by atoms with van der Waals surface area (Å²) in [5, 5.41) is 4.56. The van der Waals surface area contributed by atoms with Crippen molar-refractivity contribution in [2.75, 3.05) is 19.6 Å². The number of furan rings is 1. The third-order valence-electron chi connectivity index (χ3n) is 5.12. The maximum Gasteiger partial charge on any atom is 0.263 e. The number of halogens is 1. The fourth-order valence-electron chi connectivity index (χ4n) is 3.70. The fraction of sp³-hybridized carbons (Fsp3) is 0.381. The van der Waals surface area contributed by atoms with E-state index in [0.29, 0.717) is 16.4 Å². The number of benzene rings is 1. The van der Waals surface area contributed by atoms with Gasteiger partial charge in [-0.05, 0) is 51.1 Å². The van der Waals surface area contributed by atoms with Crippen LogP contribution in [0.2, 0.25) is 5.02 Å². The Morgan fingerprint density at radius 2 is 2.00 bits per heavy atom.